The molecule has 2 aromatic heterocycles. The van der Waals surface area contributed by atoms with Gasteiger partial charge in [0, 0.05) is 35.3 Å². The van der Waals surface area contributed by atoms with Gasteiger partial charge in [-0.1, -0.05) is 18.2 Å². The van der Waals surface area contributed by atoms with E-state index in [0.29, 0.717) is 5.56 Å². The lowest BCUT2D eigenvalue weighted by Gasteiger charge is -2.07. The van der Waals surface area contributed by atoms with Crippen LogP contribution >= 0.6 is 0 Å². The van der Waals surface area contributed by atoms with E-state index in [1.807, 2.05) is 25.1 Å². The second-order valence-electron chi connectivity index (χ2n) is 7.00. The van der Waals surface area contributed by atoms with E-state index in [9.17, 15) is 18.8 Å². The van der Waals surface area contributed by atoms with E-state index < -0.39 is 11.2 Å². The van der Waals surface area contributed by atoms with Gasteiger partial charge in [-0.2, -0.15) is 0 Å². The molecule has 0 radical (unpaired) electrons. The van der Waals surface area contributed by atoms with Crippen molar-refractivity contribution in [3.05, 3.63) is 92.5 Å². The molecule has 0 saturated carbocycles. The number of H-pyrrole nitrogens is 2. The maximum absolute atomic E-state index is 14.2. The Morgan fingerprint density at radius 3 is 2.67 bits per heavy atom. The zero-order valence-corrected chi connectivity index (χ0v) is 16.2. The first kappa shape index (κ1) is 19.4. The zero-order chi connectivity index (χ0) is 21.3. The highest BCUT2D eigenvalue weighted by atomic mass is 19.1. The molecule has 0 aliphatic carbocycles. The number of hydrogen-bond donors (Lipinski definition) is 3. The van der Waals surface area contributed by atoms with Gasteiger partial charge < -0.3 is 10.3 Å². The minimum atomic E-state index is -0.636. The molecule has 3 N–H and O–H groups in total. The molecule has 8 heteroatoms. The average molecular weight is 406 g/mol. The largest absolute Gasteiger partial charge is 0.354 e. The first-order valence-electron chi connectivity index (χ1n) is 9.35. The van der Waals surface area contributed by atoms with Crippen molar-refractivity contribution in [3.8, 4) is 11.3 Å². The molecule has 0 aliphatic heterocycles. The molecular formula is C22H19FN4O3. The third kappa shape index (κ3) is 3.80. The van der Waals surface area contributed by atoms with Crippen LogP contribution in [0, 0.1) is 12.7 Å². The van der Waals surface area contributed by atoms with E-state index in [1.165, 1.54) is 18.3 Å². The summed E-state index contributed by atoms with van der Waals surface area (Å²) in [6, 6.07) is 13.5. The molecule has 0 spiro atoms. The van der Waals surface area contributed by atoms with E-state index in [0.717, 1.165) is 32.3 Å². The normalized spacial score (nSPS) is 11.0. The van der Waals surface area contributed by atoms with Gasteiger partial charge >= 0.3 is 5.69 Å². The molecule has 7 nitrogen and oxygen atoms in total. The van der Waals surface area contributed by atoms with Crippen LogP contribution in [0.5, 0.6) is 0 Å². The van der Waals surface area contributed by atoms with Crippen molar-refractivity contribution in [2.75, 3.05) is 0 Å². The Bertz CT molecular complexity index is 1370. The molecule has 2 heterocycles. The quantitative estimate of drug-likeness (QED) is 0.475. The van der Waals surface area contributed by atoms with Crippen molar-refractivity contribution in [1.82, 2.24) is 19.9 Å². The number of aromatic nitrogens is 3. The molecule has 30 heavy (non-hydrogen) atoms. The Labute approximate surface area is 170 Å². The lowest BCUT2D eigenvalue weighted by atomic mass is 10.0. The highest BCUT2D eigenvalue weighted by Gasteiger charge is 2.13. The molecule has 152 valence electrons. The Morgan fingerprint density at radius 2 is 1.90 bits per heavy atom. The summed E-state index contributed by atoms with van der Waals surface area (Å²) < 4.78 is 15.3. The van der Waals surface area contributed by atoms with E-state index in [2.05, 4.69) is 15.3 Å². The molecule has 0 aliphatic rings. The Kier molecular flexibility index (Phi) is 5.05. The topological polar surface area (TPSA) is 99.8 Å². The maximum Gasteiger partial charge on any atom is 0.328 e. The molecular weight excluding hydrogens is 387 g/mol. The number of rotatable bonds is 5. The number of halogens is 1. The summed E-state index contributed by atoms with van der Waals surface area (Å²) >= 11 is 0. The molecule has 2 aromatic carbocycles. The number of benzene rings is 2. The summed E-state index contributed by atoms with van der Waals surface area (Å²) in [5, 5.41) is 3.70. The summed E-state index contributed by atoms with van der Waals surface area (Å²) in [7, 11) is 0. The van der Waals surface area contributed by atoms with Crippen LogP contribution in [-0.2, 0) is 17.9 Å². The highest BCUT2D eigenvalue weighted by Crippen LogP contribution is 2.31. The number of nitrogens with one attached hydrogen (secondary N) is 3. The van der Waals surface area contributed by atoms with Crippen LogP contribution in [0.25, 0.3) is 22.2 Å². The summed E-state index contributed by atoms with van der Waals surface area (Å²) in [4.78, 5) is 40.3. The van der Waals surface area contributed by atoms with Gasteiger partial charge in [0.15, 0.2) is 0 Å². The fourth-order valence-corrected chi connectivity index (χ4v) is 3.40. The number of aromatic amines is 2. The summed E-state index contributed by atoms with van der Waals surface area (Å²) in [6.45, 7) is 2.00. The van der Waals surface area contributed by atoms with Gasteiger partial charge in [-0.15, -0.1) is 0 Å². The van der Waals surface area contributed by atoms with Crippen LogP contribution in [0.3, 0.4) is 0 Å². The van der Waals surface area contributed by atoms with E-state index >= 15 is 0 Å². The van der Waals surface area contributed by atoms with Crippen molar-refractivity contribution < 1.29 is 9.18 Å². The van der Waals surface area contributed by atoms with Gasteiger partial charge in [0.1, 0.15) is 12.4 Å². The molecule has 0 unspecified atom stereocenters. The van der Waals surface area contributed by atoms with Gasteiger partial charge in [-0.3, -0.25) is 19.1 Å². The lowest BCUT2D eigenvalue weighted by Crippen LogP contribution is -2.35. The number of carbonyl (C=O) groups excluding carboxylic acids is 1. The summed E-state index contributed by atoms with van der Waals surface area (Å²) in [5.74, 6) is -0.653. The first-order valence-corrected chi connectivity index (χ1v) is 9.35. The van der Waals surface area contributed by atoms with Crippen LogP contribution in [0.1, 0.15) is 11.1 Å². The molecule has 4 rings (SSSR count). The van der Waals surface area contributed by atoms with Crippen molar-refractivity contribution in [2.24, 2.45) is 0 Å². The second kappa shape index (κ2) is 7.82. The minimum absolute atomic E-state index is 0.196. The van der Waals surface area contributed by atoms with E-state index in [1.54, 1.807) is 18.2 Å². The molecule has 0 atom stereocenters. The van der Waals surface area contributed by atoms with Crippen LogP contribution < -0.4 is 16.6 Å². The number of carbonyl (C=O) groups is 1. The average Bonchev–Trinajstić information content (AvgIpc) is 3.05. The van der Waals surface area contributed by atoms with Crippen LogP contribution in [-0.4, -0.2) is 20.4 Å². The minimum Gasteiger partial charge on any atom is -0.354 e. The van der Waals surface area contributed by atoms with Crippen molar-refractivity contribution in [2.45, 2.75) is 20.0 Å². The molecule has 4 aromatic rings. The summed E-state index contributed by atoms with van der Waals surface area (Å²) in [6.07, 6.45) is 1.28. The third-order valence-corrected chi connectivity index (χ3v) is 4.97. The fourth-order valence-electron chi connectivity index (χ4n) is 3.40. The van der Waals surface area contributed by atoms with Crippen molar-refractivity contribution >= 4 is 16.8 Å². The van der Waals surface area contributed by atoms with Crippen LogP contribution in [0.4, 0.5) is 4.39 Å². The number of nitrogens with zero attached hydrogens (tertiary/aromatic N) is 1. The predicted molar refractivity (Wildman–Crippen MR) is 112 cm³/mol. The first-order chi connectivity index (χ1) is 14.4. The number of hydrogen-bond acceptors (Lipinski definition) is 3. The molecule has 0 bridgehead atoms. The Hall–Kier alpha value is -3.94. The number of amides is 1. The van der Waals surface area contributed by atoms with Gasteiger partial charge in [0.2, 0.25) is 5.91 Å². The zero-order valence-electron chi connectivity index (χ0n) is 16.2. The van der Waals surface area contributed by atoms with Gasteiger partial charge in [0.25, 0.3) is 5.56 Å². The van der Waals surface area contributed by atoms with Gasteiger partial charge in [-0.25, -0.2) is 9.18 Å². The SMILES string of the molecule is Cc1c(-c2ccccc2F)[nH]c2ccc(CNC(=O)Cn3ccc(=O)[nH]c3=O)cc12. The maximum atomic E-state index is 14.2. The second-order valence-corrected chi connectivity index (χ2v) is 7.00. The Morgan fingerprint density at radius 1 is 1.10 bits per heavy atom. The smallest absolute Gasteiger partial charge is 0.328 e. The molecule has 0 fully saturated rings. The monoisotopic (exact) mass is 406 g/mol. The van der Waals surface area contributed by atoms with Gasteiger partial charge in [-0.05, 0) is 42.3 Å². The van der Waals surface area contributed by atoms with Gasteiger partial charge in [0.05, 0.1) is 5.69 Å². The lowest BCUT2D eigenvalue weighted by molar-refractivity contribution is -0.121. The molecule has 1 amide bonds. The highest BCUT2D eigenvalue weighted by molar-refractivity contribution is 5.91. The van der Waals surface area contributed by atoms with Crippen molar-refractivity contribution in [1.29, 1.82) is 0 Å². The fraction of sp³-hybridized carbons (Fsp3) is 0.136. The van der Waals surface area contributed by atoms with E-state index in [-0.39, 0.29) is 24.8 Å². The number of fused-ring (bicyclic) bond motifs is 1. The van der Waals surface area contributed by atoms with E-state index in [4.69, 9.17) is 0 Å². The van der Waals surface area contributed by atoms with Crippen LogP contribution in [0.15, 0.2) is 64.3 Å². The standard InChI is InChI=1S/C22H19FN4O3/c1-13-16-10-14(11-24-20(29)12-27-9-8-19(28)26-22(27)30)6-7-18(16)25-21(13)15-4-2-3-5-17(15)23/h2-10,25H,11-12H2,1H3,(H,24,29)(H,26,28,30). The Balaban J connectivity index is 1.52. The number of aryl methyl sites for hydroxylation is 1. The molecule has 0 saturated heterocycles. The third-order valence-electron chi connectivity index (χ3n) is 4.97. The summed E-state index contributed by atoms with van der Waals surface area (Å²) in [5.41, 5.74) is 2.74. The van der Waals surface area contributed by atoms with Crippen molar-refractivity contribution in [3.63, 3.8) is 0 Å². The predicted octanol–water partition coefficient (Wildman–Crippen LogP) is 2.45. The van der Waals surface area contributed by atoms with Crippen LogP contribution in [0.2, 0.25) is 0 Å².